The summed E-state index contributed by atoms with van der Waals surface area (Å²) in [5.41, 5.74) is 0.782. The smallest absolute Gasteiger partial charge is 0.295 e. The van der Waals surface area contributed by atoms with E-state index in [1.165, 1.54) is 49.5 Å². The quantitative estimate of drug-likeness (QED) is 0.350. The zero-order valence-electron chi connectivity index (χ0n) is 18.0. The Labute approximate surface area is 189 Å². The van der Waals surface area contributed by atoms with E-state index in [1.807, 2.05) is 0 Å². The molecular weight excluding hydrogens is 427 g/mol. The van der Waals surface area contributed by atoms with E-state index in [0.29, 0.717) is 17.1 Å². The molecule has 1 aliphatic heterocycles. The normalized spacial score (nSPS) is 17.3. The van der Waals surface area contributed by atoms with Gasteiger partial charge in [0.1, 0.15) is 11.6 Å². The zero-order valence-corrected chi connectivity index (χ0v) is 18.0. The fourth-order valence-corrected chi connectivity index (χ4v) is 3.89. The van der Waals surface area contributed by atoms with Crippen molar-refractivity contribution < 1.29 is 28.6 Å². The van der Waals surface area contributed by atoms with Crippen LogP contribution < -0.4 is 9.47 Å². The number of likely N-dealkylation sites (tertiary alicyclic amines) is 1. The Hall–Kier alpha value is -4.20. The molecule has 1 aliphatic rings. The van der Waals surface area contributed by atoms with Crippen LogP contribution in [0.15, 0.2) is 72.6 Å². The lowest BCUT2D eigenvalue weighted by molar-refractivity contribution is -0.140. The number of rotatable bonds is 6. The van der Waals surface area contributed by atoms with Crippen LogP contribution in [0.3, 0.4) is 0 Å². The van der Waals surface area contributed by atoms with Crippen molar-refractivity contribution in [1.82, 2.24) is 9.88 Å². The summed E-state index contributed by atoms with van der Waals surface area (Å²) in [6.45, 7) is 0.0140. The molecule has 2 aromatic carbocycles. The van der Waals surface area contributed by atoms with Crippen molar-refractivity contribution in [2.75, 3.05) is 14.2 Å². The number of pyridine rings is 1. The maximum atomic E-state index is 14.9. The highest BCUT2D eigenvalue weighted by atomic mass is 19.1. The summed E-state index contributed by atoms with van der Waals surface area (Å²) in [4.78, 5) is 31.4. The van der Waals surface area contributed by atoms with Crippen molar-refractivity contribution in [3.63, 3.8) is 0 Å². The fourth-order valence-electron chi connectivity index (χ4n) is 3.89. The molecule has 3 aromatic rings. The van der Waals surface area contributed by atoms with Crippen LogP contribution in [0.5, 0.6) is 11.5 Å². The van der Waals surface area contributed by atoms with E-state index in [4.69, 9.17) is 9.47 Å². The maximum absolute atomic E-state index is 14.9. The summed E-state index contributed by atoms with van der Waals surface area (Å²) < 4.78 is 25.4. The predicted octanol–water partition coefficient (Wildman–Crippen LogP) is 3.86. The molecule has 1 N–H and O–H groups in total. The monoisotopic (exact) mass is 448 g/mol. The SMILES string of the molecule is COc1ccc(/C(O)=C2\C(=O)C(=O)N(Cc3cccnc3)[C@H]2c2ccccc2F)cc1OC. The molecule has 2 heterocycles. The molecule has 1 atom stereocenters. The number of aliphatic hydroxyl groups excluding tert-OH is 1. The minimum absolute atomic E-state index is 0.0140. The first-order chi connectivity index (χ1) is 16.0. The fraction of sp³-hybridized carbons (Fsp3) is 0.160. The molecule has 168 valence electrons. The third-order valence-corrected chi connectivity index (χ3v) is 5.47. The molecule has 1 saturated heterocycles. The van der Waals surface area contributed by atoms with Crippen LogP contribution in [0.2, 0.25) is 0 Å². The Kier molecular flexibility index (Phi) is 6.08. The molecule has 7 nitrogen and oxygen atoms in total. The van der Waals surface area contributed by atoms with Crippen LogP contribution in [0.25, 0.3) is 5.76 Å². The van der Waals surface area contributed by atoms with Gasteiger partial charge in [-0.2, -0.15) is 0 Å². The maximum Gasteiger partial charge on any atom is 0.295 e. The van der Waals surface area contributed by atoms with Gasteiger partial charge in [0.05, 0.1) is 25.8 Å². The summed E-state index contributed by atoms with van der Waals surface area (Å²) >= 11 is 0. The summed E-state index contributed by atoms with van der Waals surface area (Å²) in [5, 5.41) is 11.1. The van der Waals surface area contributed by atoms with Crippen LogP contribution in [-0.2, 0) is 16.1 Å². The molecule has 1 fully saturated rings. The number of hydrogen-bond acceptors (Lipinski definition) is 6. The zero-order chi connectivity index (χ0) is 23.5. The van der Waals surface area contributed by atoms with E-state index >= 15 is 0 Å². The van der Waals surface area contributed by atoms with E-state index in [1.54, 1.807) is 36.7 Å². The Morgan fingerprint density at radius 1 is 1.06 bits per heavy atom. The number of amides is 1. The first kappa shape index (κ1) is 22.0. The Morgan fingerprint density at radius 2 is 1.82 bits per heavy atom. The number of carbonyl (C=O) groups is 2. The highest BCUT2D eigenvalue weighted by Gasteiger charge is 2.47. The average Bonchev–Trinajstić information content (AvgIpc) is 3.08. The minimum Gasteiger partial charge on any atom is -0.507 e. The summed E-state index contributed by atoms with van der Waals surface area (Å²) in [5.74, 6) is -2.02. The van der Waals surface area contributed by atoms with Gasteiger partial charge in [0.2, 0.25) is 0 Å². The van der Waals surface area contributed by atoms with Crippen molar-refractivity contribution in [3.8, 4) is 11.5 Å². The molecule has 0 radical (unpaired) electrons. The first-order valence-electron chi connectivity index (χ1n) is 10.1. The summed E-state index contributed by atoms with van der Waals surface area (Å²) in [7, 11) is 2.91. The van der Waals surface area contributed by atoms with Crippen molar-refractivity contribution in [3.05, 3.63) is 95.1 Å². The molecular formula is C25H21FN2O5. The molecule has 1 aromatic heterocycles. The largest absolute Gasteiger partial charge is 0.507 e. The van der Waals surface area contributed by atoms with E-state index in [-0.39, 0.29) is 23.2 Å². The number of aromatic nitrogens is 1. The van der Waals surface area contributed by atoms with Crippen molar-refractivity contribution >= 4 is 17.4 Å². The second-order valence-electron chi connectivity index (χ2n) is 7.38. The van der Waals surface area contributed by atoms with Crippen LogP contribution in [0.1, 0.15) is 22.7 Å². The van der Waals surface area contributed by atoms with Crippen LogP contribution in [-0.4, -0.2) is 40.9 Å². The number of nitrogens with zero attached hydrogens (tertiary/aromatic N) is 2. The third kappa shape index (κ3) is 4.03. The van der Waals surface area contributed by atoms with Crippen LogP contribution in [0, 0.1) is 5.82 Å². The summed E-state index contributed by atoms with van der Waals surface area (Å²) in [6.07, 6.45) is 3.15. The number of Topliss-reactive ketones (excluding diaryl/α,β-unsaturated/α-hetero) is 1. The number of benzene rings is 2. The van der Waals surface area contributed by atoms with Gasteiger partial charge in [0.15, 0.2) is 11.5 Å². The standard InChI is InChI=1S/C25H21FN2O5/c1-32-19-10-9-16(12-20(19)33-2)23(29)21-22(17-7-3-4-8-18(17)26)28(25(31)24(21)30)14-15-6-5-11-27-13-15/h3-13,22,29H,14H2,1-2H3/b23-21+/t22-/m0/s1. The van der Waals surface area contributed by atoms with E-state index in [2.05, 4.69) is 4.98 Å². The molecule has 4 rings (SSSR count). The highest BCUT2D eigenvalue weighted by Crippen LogP contribution is 2.42. The van der Waals surface area contributed by atoms with Crippen LogP contribution in [0.4, 0.5) is 4.39 Å². The first-order valence-corrected chi connectivity index (χ1v) is 10.1. The lowest BCUT2D eigenvalue weighted by Gasteiger charge is -2.25. The summed E-state index contributed by atoms with van der Waals surface area (Å²) in [6, 6.07) is 12.8. The molecule has 0 saturated carbocycles. The molecule has 33 heavy (non-hydrogen) atoms. The lowest BCUT2D eigenvalue weighted by atomic mass is 9.94. The van der Waals surface area contributed by atoms with Gasteiger partial charge >= 0.3 is 0 Å². The number of aliphatic hydroxyl groups is 1. The average molecular weight is 448 g/mol. The van der Waals surface area contributed by atoms with Crippen molar-refractivity contribution in [2.45, 2.75) is 12.6 Å². The van der Waals surface area contributed by atoms with Gasteiger partial charge < -0.3 is 19.5 Å². The number of ketones is 1. The number of methoxy groups -OCH3 is 2. The second-order valence-corrected chi connectivity index (χ2v) is 7.38. The number of halogens is 1. The third-order valence-electron chi connectivity index (χ3n) is 5.47. The van der Waals surface area contributed by atoms with Gasteiger partial charge in [-0.15, -0.1) is 0 Å². The Morgan fingerprint density at radius 3 is 2.48 bits per heavy atom. The van der Waals surface area contributed by atoms with E-state index in [9.17, 15) is 19.1 Å². The van der Waals surface area contributed by atoms with E-state index in [0.717, 1.165) is 0 Å². The van der Waals surface area contributed by atoms with Gasteiger partial charge in [-0.25, -0.2) is 4.39 Å². The number of hydrogen-bond donors (Lipinski definition) is 1. The molecule has 0 bridgehead atoms. The van der Waals surface area contributed by atoms with Gasteiger partial charge in [0, 0.05) is 30.1 Å². The molecule has 0 aliphatic carbocycles. The molecule has 0 spiro atoms. The Balaban J connectivity index is 1.89. The number of carbonyl (C=O) groups excluding carboxylic acids is 2. The van der Waals surface area contributed by atoms with Crippen molar-refractivity contribution in [1.29, 1.82) is 0 Å². The van der Waals surface area contributed by atoms with Crippen LogP contribution >= 0.6 is 0 Å². The van der Waals surface area contributed by atoms with Crippen molar-refractivity contribution in [2.24, 2.45) is 0 Å². The molecule has 0 unspecified atom stereocenters. The van der Waals surface area contributed by atoms with E-state index < -0.39 is 29.3 Å². The van der Waals surface area contributed by atoms with Gasteiger partial charge in [-0.3, -0.25) is 14.6 Å². The van der Waals surface area contributed by atoms with Gasteiger partial charge in [0.25, 0.3) is 11.7 Å². The van der Waals surface area contributed by atoms with Gasteiger partial charge in [-0.05, 0) is 35.9 Å². The topological polar surface area (TPSA) is 89.0 Å². The Bertz CT molecular complexity index is 1240. The molecule has 1 amide bonds. The minimum atomic E-state index is -1.13. The number of ether oxygens (including phenoxy) is 2. The highest BCUT2D eigenvalue weighted by molar-refractivity contribution is 6.46. The predicted molar refractivity (Wildman–Crippen MR) is 118 cm³/mol. The lowest BCUT2D eigenvalue weighted by Crippen LogP contribution is -2.29. The van der Waals surface area contributed by atoms with Gasteiger partial charge in [-0.1, -0.05) is 24.3 Å². The second kappa shape index (κ2) is 9.12. The molecule has 8 heteroatoms.